The van der Waals surface area contributed by atoms with E-state index < -0.39 is 11.7 Å². The average Bonchev–Trinajstić information content (AvgIpc) is 3.12. The number of methoxy groups -OCH3 is 1. The highest BCUT2D eigenvalue weighted by Gasteiger charge is 2.13. The van der Waals surface area contributed by atoms with Gasteiger partial charge in [-0.05, 0) is 42.5 Å². The number of amides is 1. The second-order valence-electron chi connectivity index (χ2n) is 5.87. The Hall–Kier alpha value is -3.67. The summed E-state index contributed by atoms with van der Waals surface area (Å²) in [6.07, 6.45) is 0. The molecule has 27 heavy (non-hydrogen) atoms. The molecule has 1 N–H and O–H groups in total. The van der Waals surface area contributed by atoms with Crippen molar-refractivity contribution in [3.8, 4) is 17.2 Å². The fourth-order valence-electron chi connectivity index (χ4n) is 2.73. The molecule has 4 rings (SSSR count). The maximum absolute atomic E-state index is 13.7. The number of nitrogens with zero attached hydrogens (tertiary/aromatic N) is 1. The lowest BCUT2D eigenvalue weighted by molar-refractivity contribution is 0.102. The number of hydrogen-bond acceptors (Lipinski definition) is 4. The highest BCUT2D eigenvalue weighted by Crippen LogP contribution is 2.28. The summed E-state index contributed by atoms with van der Waals surface area (Å²) in [6.45, 7) is 0. The number of aromatic nitrogens is 1. The predicted molar refractivity (Wildman–Crippen MR) is 100 cm³/mol. The van der Waals surface area contributed by atoms with Gasteiger partial charge < -0.3 is 14.5 Å². The number of nitrogens with one attached hydrogen (secondary N) is 1. The monoisotopic (exact) mass is 362 g/mol. The van der Waals surface area contributed by atoms with Crippen LogP contribution in [0.25, 0.3) is 22.6 Å². The van der Waals surface area contributed by atoms with Crippen molar-refractivity contribution in [3.63, 3.8) is 0 Å². The van der Waals surface area contributed by atoms with Gasteiger partial charge in [-0.25, -0.2) is 9.37 Å². The molecule has 0 radical (unpaired) electrons. The molecule has 0 aliphatic rings. The van der Waals surface area contributed by atoms with Crippen LogP contribution in [0, 0.1) is 5.82 Å². The zero-order valence-electron chi connectivity index (χ0n) is 14.4. The second kappa shape index (κ2) is 6.92. The Bertz CT molecular complexity index is 1140. The van der Waals surface area contributed by atoms with E-state index in [2.05, 4.69) is 10.3 Å². The lowest BCUT2D eigenvalue weighted by Crippen LogP contribution is -2.13. The Kier molecular flexibility index (Phi) is 4.30. The van der Waals surface area contributed by atoms with E-state index in [1.807, 2.05) is 24.3 Å². The molecule has 4 aromatic rings. The third-order valence-electron chi connectivity index (χ3n) is 4.08. The van der Waals surface area contributed by atoms with Gasteiger partial charge in [0.15, 0.2) is 5.58 Å². The molecule has 0 aliphatic carbocycles. The van der Waals surface area contributed by atoms with E-state index in [1.54, 1.807) is 31.4 Å². The number of ether oxygens (including phenoxy) is 1. The molecule has 1 heterocycles. The normalized spacial score (nSPS) is 10.7. The number of carbonyl (C=O) groups excluding carboxylic acids is 1. The summed E-state index contributed by atoms with van der Waals surface area (Å²) >= 11 is 0. The van der Waals surface area contributed by atoms with Crippen molar-refractivity contribution in [1.82, 2.24) is 4.98 Å². The first-order chi connectivity index (χ1) is 13.1. The quantitative estimate of drug-likeness (QED) is 0.561. The highest BCUT2D eigenvalue weighted by molar-refractivity contribution is 6.05. The molecule has 5 nitrogen and oxygen atoms in total. The number of oxazole rings is 1. The zero-order valence-corrected chi connectivity index (χ0v) is 14.4. The van der Waals surface area contributed by atoms with E-state index in [0.717, 1.165) is 5.56 Å². The number of benzene rings is 3. The molecule has 0 unspecified atom stereocenters. The number of fused-ring (bicyclic) bond motifs is 1. The SMILES string of the molecule is COc1cccc(-c2nc3ccc(NC(=O)c4ccccc4F)cc3o2)c1. The van der Waals surface area contributed by atoms with Gasteiger partial charge in [-0.3, -0.25) is 4.79 Å². The minimum absolute atomic E-state index is 0.0211. The van der Waals surface area contributed by atoms with Crippen LogP contribution in [-0.2, 0) is 0 Å². The molecule has 0 bridgehead atoms. The van der Waals surface area contributed by atoms with Crippen LogP contribution in [0.5, 0.6) is 5.75 Å². The van der Waals surface area contributed by atoms with Gasteiger partial charge in [-0.15, -0.1) is 0 Å². The smallest absolute Gasteiger partial charge is 0.258 e. The Morgan fingerprint density at radius 1 is 1.07 bits per heavy atom. The molecule has 6 heteroatoms. The number of anilines is 1. The topological polar surface area (TPSA) is 64.4 Å². The van der Waals surface area contributed by atoms with Gasteiger partial charge in [0.05, 0.1) is 12.7 Å². The van der Waals surface area contributed by atoms with Crippen LogP contribution in [0.4, 0.5) is 10.1 Å². The van der Waals surface area contributed by atoms with Crippen LogP contribution in [-0.4, -0.2) is 18.0 Å². The van der Waals surface area contributed by atoms with Gasteiger partial charge in [0.2, 0.25) is 5.89 Å². The van der Waals surface area contributed by atoms with Gasteiger partial charge in [-0.1, -0.05) is 18.2 Å². The van der Waals surface area contributed by atoms with Gasteiger partial charge in [0, 0.05) is 17.3 Å². The summed E-state index contributed by atoms with van der Waals surface area (Å²) in [6, 6.07) is 18.3. The molecule has 0 aliphatic heterocycles. The van der Waals surface area contributed by atoms with Crippen molar-refractivity contribution in [1.29, 1.82) is 0 Å². The largest absolute Gasteiger partial charge is 0.497 e. The van der Waals surface area contributed by atoms with Crippen molar-refractivity contribution in [3.05, 3.63) is 78.1 Å². The number of rotatable bonds is 4. The Morgan fingerprint density at radius 2 is 1.93 bits per heavy atom. The number of hydrogen-bond donors (Lipinski definition) is 1. The average molecular weight is 362 g/mol. The van der Waals surface area contributed by atoms with Gasteiger partial charge in [0.25, 0.3) is 5.91 Å². The maximum atomic E-state index is 13.7. The Morgan fingerprint density at radius 3 is 2.74 bits per heavy atom. The van der Waals surface area contributed by atoms with E-state index in [0.29, 0.717) is 28.4 Å². The standard InChI is InChI=1S/C21H15FN2O3/c1-26-15-6-4-5-13(11-15)21-24-18-10-9-14(12-19(18)27-21)23-20(25)16-7-2-3-8-17(16)22/h2-12H,1H3,(H,23,25). The van der Waals surface area contributed by atoms with Crippen LogP contribution in [0.2, 0.25) is 0 Å². The molecule has 0 spiro atoms. The van der Waals surface area contributed by atoms with E-state index in [-0.39, 0.29) is 5.56 Å². The first-order valence-corrected chi connectivity index (χ1v) is 8.25. The number of halogens is 1. The lowest BCUT2D eigenvalue weighted by atomic mass is 10.2. The van der Waals surface area contributed by atoms with Crippen LogP contribution in [0.15, 0.2) is 71.1 Å². The first kappa shape index (κ1) is 16.8. The van der Waals surface area contributed by atoms with Crippen LogP contribution >= 0.6 is 0 Å². The third kappa shape index (κ3) is 3.37. The Labute approximate surface area is 154 Å². The highest BCUT2D eigenvalue weighted by atomic mass is 19.1. The maximum Gasteiger partial charge on any atom is 0.258 e. The van der Waals surface area contributed by atoms with E-state index >= 15 is 0 Å². The van der Waals surface area contributed by atoms with E-state index in [1.165, 1.54) is 18.2 Å². The molecular weight excluding hydrogens is 347 g/mol. The van der Waals surface area contributed by atoms with Crippen molar-refractivity contribution in [2.75, 3.05) is 12.4 Å². The summed E-state index contributed by atoms with van der Waals surface area (Å²) < 4.78 is 24.8. The summed E-state index contributed by atoms with van der Waals surface area (Å²) in [5.74, 6) is 0.0464. The molecule has 0 fully saturated rings. The summed E-state index contributed by atoms with van der Waals surface area (Å²) in [4.78, 5) is 16.7. The van der Waals surface area contributed by atoms with Crippen molar-refractivity contribution in [2.45, 2.75) is 0 Å². The fourth-order valence-corrected chi connectivity index (χ4v) is 2.73. The van der Waals surface area contributed by atoms with Crippen LogP contribution in [0.3, 0.4) is 0 Å². The predicted octanol–water partition coefficient (Wildman–Crippen LogP) is 4.89. The molecular formula is C21H15FN2O3. The minimum atomic E-state index is -0.573. The molecule has 0 saturated carbocycles. The second-order valence-corrected chi connectivity index (χ2v) is 5.87. The third-order valence-corrected chi connectivity index (χ3v) is 4.08. The zero-order chi connectivity index (χ0) is 18.8. The van der Waals surface area contributed by atoms with E-state index in [4.69, 9.17) is 9.15 Å². The summed E-state index contributed by atoms with van der Waals surface area (Å²) in [7, 11) is 1.59. The first-order valence-electron chi connectivity index (χ1n) is 8.25. The molecule has 1 aromatic heterocycles. The minimum Gasteiger partial charge on any atom is -0.497 e. The van der Waals surface area contributed by atoms with Crippen LogP contribution < -0.4 is 10.1 Å². The summed E-state index contributed by atoms with van der Waals surface area (Å²) in [5, 5.41) is 2.67. The van der Waals surface area contributed by atoms with Crippen molar-refractivity contribution in [2.24, 2.45) is 0 Å². The molecule has 134 valence electrons. The van der Waals surface area contributed by atoms with E-state index in [9.17, 15) is 9.18 Å². The van der Waals surface area contributed by atoms with Gasteiger partial charge >= 0.3 is 0 Å². The Balaban J connectivity index is 1.63. The fraction of sp³-hybridized carbons (Fsp3) is 0.0476. The van der Waals surface area contributed by atoms with Gasteiger partial charge in [-0.2, -0.15) is 0 Å². The van der Waals surface area contributed by atoms with Crippen molar-refractivity contribution < 1.29 is 18.3 Å². The van der Waals surface area contributed by atoms with Crippen LogP contribution in [0.1, 0.15) is 10.4 Å². The molecule has 3 aromatic carbocycles. The molecule has 0 atom stereocenters. The molecule has 0 saturated heterocycles. The number of carbonyl (C=O) groups is 1. The van der Waals surface area contributed by atoms with Gasteiger partial charge in [0.1, 0.15) is 17.1 Å². The summed E-state index contributed by atoms with van der Waals surface area (Å²) in [5.41, 5.74) is 2.41. The lowest BCUT2D eigenvalue weighted by Gasteiger charge is -2.05. The van der Waals surface area contributed by atoms with Crippen molar-refractivity contribution >= 4 is 22.7 Å². The molecule has 1 amide bonds.